The van der Waals surface area contributed by atoms with Crippen LogP contribution in [0.2, 0.25) is 0 Å². The molecular weight excluding hydrogens is 252 g/mol. The highest BCUT2D eigenvalue weighted by Crippen LogP contribution is 2.18. The maximum atomic E-state index is 3.50. The van der Waals surface area contributed by atoms with Crippen LogP contribution in [0.15, 0.2) is 29.2 Å². The minimum atomic E-state index is 0.850. The predicted molar refractivity (Wildman–Crippen MR) is 85.0 cm³/mol. The Kier molecular flexibility index (Phi) is 6.21. The lowest BCUT2D eigenvalue weighted by Crippen LogP contribution is -2.37. The molecule has 1 N–H and O–H groups in total. The van der Waals surface area contributed by atoms with E-state index in [2.05, 4.69) is 48.5 Å². The van der Waals surface area contributed by atoms with Crippen LogP contribution in [0.3, 0.4) is 0 Å². The second-order valence-corrected chi connectivity index (χ2v) is 6.80. The molecule has 1 saturated heterocycles. The molecule has 0 spiro atoms. The third-order valence-corrected chi connectivity index (χ3v) is 4.72. The molecule has 106 valence electrons. The van der Waals surface area contributed by atoms with Gasteiger partial charge in [-0.2, -0.15) is 0 Å². The van der Waals surface area contributed by atoms with Crippen molar-refractivity contribution in [2.75, 3.05) is 39.0 Å². The van der Waals surface area contributed by atoms with Crippen LogP contribution in [0.1, 0.15) is 18.4 Å². The first kappa shape index (κ1) is 14.9. The van der Waals surface area contributed by atoms with Crippen LogP contribution in [-0.4, -0.2) is 43.9 Å². The monoisotopic (exact) mass is 278 g/mol. The van der Waals surface area contributed by atoms with Crippen LogP contribution < -0.4 is 5.32 Å². The van der Waals surface area contributed by atoms with Crippen LogP contribution in [0, 0.1) is 12.8 Å². The van der Waals surface area contributed by atoms with Gasteiger partial charge in [0.05, 0.1) is 0 Å². The highest BCUT2D eigenvalue weighted by Gasteiger charge is 2.14. The van der Waals surface area contributed by atoms with E-state index in [-0.39, 0.29) is 0 Å². The molecule has 1 aromatic rings. The van der Waals surface area contributed by atoms with Gasteiger partial charge >= 0.3 is 0 Å². The Morgan fingerprint density at radius 1 is 1.32 bits per heavy atom. The van der Waals surface area contributed by atoms with Gasteiger partial charge in [0.15, 0.2) is 0 Å². The van der Waals surface area contributed by atoms with Gasteiger partial charge in [-0.05, 0) is 58.0 Å². The number of piperidine rings is 1. The summed E-state index contributed by atoms with van der Waals surface area (Å²) < 4.78 is 0. The van der Waals surface area contributed by atoms with Crippen LogP contribution in [-0.2, 0) is 0 Å². The van der Waals surface area contributed by atoms with E-state index in [4.69, 9.17) is 0 Å². The average molecular weight is 278 g/mol. The molecule has 3 heteroatoms. The van der Waals surface area contributed by atoms with E-state index in [0.717, 1.165) is 5.92 Å². The number of thioether (sulfide) groups is 1. The SMILES string of the molecule is Cc1ccc(SCCN(C)CC2CCCNC2)cc1. The lowest BCUT2D eigenvalue weighted by atomic mass is 9.99. The molecule has 1 aliphatic rings. The Hall–Kier alpha value is -0.510. The number of hydrogen-bond acceptors (Lipinski definition) is 3. The molecular formula is C16H26N2S. The zero-order valence-electron chi connectivity index (χ0n) is 12.2. The normalized spacial score (nSPS) is 19.8. The molecule has 1 fully saturated rings. The van der Waals surface area contributed by atoms with E-state index in [9.17, 15) is 0 Å². The highest BCUT2D eigenvalue weighted by atomic mass is 32.2. The van der Waals surface area contributed by atoms with Gasteiger partial charge in [-0.15, -0.1) is 11.8 Å². The standard InChI is InChI=1S/C16H26N2S/c1-14-5-7-16(8-6-14)19-11-10-18(2)13-15-4-3-9-17-12-15/h5-8,15,17H,3-4,9-13H2,1-2H3. The van der Waals surface area contributed by atoms with Gasteiger partial charge in [-0.25, -0.2) is 0 Å². The Labute approximate surface area is 122 Å². The second kappa shape index (κ2) is 7.93. The van der Waals surface area contributed by atoms with Gasteiger partial charge in [-0.3, -0.25) is 0 Å². The fourth-order valence-corrected chi connectivity index (χ4v) is 3.53. The van der Waals surface area contributed by atoms with E-state index in [0.29, 0.717) is 0 Å². The molecule has 2 nitrogen and oxygen atoms in total. The lowest BCUT2D eigenvalue weighted by Gasteiger charge is -2.27. The molecule has 2 rings (SSSR count). The van der Waals surface area contributed by atoms with E-state index >= 15 is 0 Å². The van der Waals surface area contributed by atoms with Gasteiger partial charge in [-0.1, -0.05) is 17.7 Å². The number of nitrogens with zero attached hydrogens (tertiary/aromatic N) is 1. The minimum Gasteiger partial charge on any atom is -0.316 e. The van der Waals surface area contributed by atoms with E-state index in [1.807, 2.05) is 11.8 Å². The summed E-state index contributed by atoms with van der Waals surface area (Å²) in [6, 6.07) is 8.84. The third kappa shape index (κ3) is 5.55. The summed E-state index contributed by atoms with van der Waals surface area (Å²) >= 11 is 1.96. The summed E-state index contributed by atoms with van der Waals surface area (Å²) in [4.78, 5) is 3.87. The number of nitrogens with one attached hydrogen (secondary N) is 1. The van der Waals surface area contributed by atoms with Crippen molar-refractivity contribution in [3.63, 3.8) is 0 Å². The van der Waals surface area contributed by atoms with Gasteiger partial charge in [0, 0.05) is 23.7 Å². The highest BCUT2D eigenvalue weighted by molar-refractivity contribution is 7.99. The maximum absolute atomic E-state index is 3.50. The predicted octanol–water partition coefficient (Wildman–Crippen LogP) is 3.02. The van der Waals surface area contributed by atoms with Crippen molar-refractivity contribution in [2.24, 2.45) is 5.92 Å². The summed E-state index contributed by atoms with van der Waals surface area (Å²) in [7, 11) is 2.25. The molecule has 1 aromatic carbocycles. The van der Waals surface area contributed by atoms with E-state index in [1.165, 1.54) is 55.2 Å². The van der Waals surface area contributed by atoms with Gasteiger partial charge in [0.25, 0.3) is 0 Å². The second-order valence-electron chi connectivity index (χ2n) is 5.64. The first-order valence-electron chi connectivity index (χ1n) is 7.33. The zero-order chi connectivity index (χ0) is 13.5. The number of hydrogen-bond donors (Lipinski definition) is 1. The van der Waals surface area contributed by atoms with Crippen LogP contribution >= 0.6 is 11.8 Å². The Morgan fingerprint density at radius 2 is 2.11 bits per heavy atom. The van der Waals surface area contributed by atoms with Gasteiger partial charge in [0.1, 0.15) is 0 Å². The zero-order valence-corrected chi connectivity index (χ0v) is 13.0. The molecule has 1 heterocycles. The Morgan fingerprint density at radius 3 is 2.79 bits per heavy atom. The van der Waals surface area contributed by atoms with Gasteiger partial charge < -0.3 is 10.2 Å². The van der Waals surface area contributed by atoms with Crippen molar-refractivity contribution in [3.8, 4) is 0 Å². The van der Waals surface area contributed by atoms with Gasteiger partial charge in [0.2, 0.25) is 0 Å². The molecule has 0 bridgehead atoms. The summed E-state index contributed by atoms with van der Waals surface area (Å²) in [5.41, 5.74) is 1.34. The van der Waals surface area contributed by atoms with E-state index in [1.54, 1.807) is 0 Å². The Balaban J connectivity index is 1.63. The summed E-state index contributed by atoms with van der Waals surface area (Å²) in [6.45, 7) is 6.97. The summed E-state index contributed by atoms with van der Waals surface area (Å²) in [6.07, 6.45) is 2.74. The first-order chi connectivity index (χ1) is 9.24. The quantitative estimate of drug-likeness (QED) is 0.805. The van der Waals surface area contributed by atoms with Crippen LogP contribution in [0.5, 0.6) is 0 Å². The van der Waals surface area contributed by atoms with Crippen molar-refractivity contribution in [3.05, 3.63) is 29.8 Å². The van der Waals surface area contributed by atoms with E-state index < -0.39 is 0 Å². The molecule has 1 unspecified atom stereocenters. The molecule has 0 aliphatic carbocycles. The fraction of sp³-hybridized carbons (Fsp3) is 0.625. The molecule has 19 heavy (non-hydrogen) atoms. The van der Waals surface area contributed by atoms with Crippen molar-refractivity contribution in [2.45, 2.75) is 24.7 Å². The topological polar surface area (TPSA) is 15.3 Å². The molecule has 0 aromatic heterocycles. The largest absolute Gasteiger partial charge is 0.316 e. The number of benzene rings is 1. The van der Waals surface area contributed by atoms with Crippen molar-refractivity contribution >= 4 is 11.8 Å². The number of aryl methyl sites for hydroxylation is 1. The van der Waals surface area contributed by atoms with Crippen molar-refractivity contribution < 1.29 is 0 Å². The number of rotatable bonds is 6. The van der Waals surface area contributed by atoms with Crippen LogP contribution in [0.25, 0.3) is 0 Å². The average Bonchev–Trinajstić information content (AvgIpc) is 2.42. The molecule has 0 radical (unpaired) electrons. The smallest absolute Gasteiger partial charge is 0.0108 e. The van der Waals surface area contributed by atoms with Crippen molar-refractivity contribution in [1.29, 1.82) is 0 Å². The first-order valence-corrected chi connectivity index (χ1v) is 8.31. The van der Waals surface area contributed by atoms with Crippen molar-refractivity contribution in [1.82, 2.24) is 10.2 Å². The summed E-state index contributed by atoms with van der Waals surface area (Å²) in [5, 5.41) is 3.50. The fourth-order valence-electron chi connectivity index (χ4n) is 2.57. The maximum Gasteiger partial charge on any atom is 0.0108 e. The minimum absolute atomic E-state index is 0.850. The van der Waals surface area contributed by atoms with Crippen LogP contribution in [0.4, 0.5) is 0 Å². The molecule has 0 saturated carbocycles. The third-order valence-electron chi connectivity index (χ3n) is 3.73. The summed E-state index contributed by atoms with van der Waals surface area (Å²) in [5.74, 6) is 2.03. The molecule has 1 atom stereocenters. The Bertz CT molecular complexity index is 358. The molecule has 0 amide bonds. The lowest BCUT2D eigenvalue weighted by molar-refractivity contribution is 0.253. The molecule has 1 aliphatic heterocycles.